The fraction of sp³-hybridized carbons (Fsp3) is 0.364. The summed E-state index contributed by atoms with van der Waals surface area (Å²) in [5, 5.41) is 2.46. The first-order valence-electron chi connectivity index (χ1n) is 9.22. The van der Waals surface area contributed by atoms with Crippen molar-refractivity contribution in [3.05, 3.63) is 72.0 Å². The fourth-order valence-corrected chi connectivity index (χ4v) is 2.36. The summed E-state index contributed by atoms with van der Waals surface area (Å²) in [6, 6.07) is 3.07. The third-order valence-corrected chi connectivity index (χ3v) is 3.70. The average Bonchev–Trinajstić information content (AvgIpc) is 2.61. The highest BCUT2D eigenvalue weighted by Gasteiger charge is 2.13. The Hall–Kier alpha value is -2.76. The van der Waals surface area contributed by atoms with Crippen LogP contribution in [0.15, 0.2) is 54.8 Å². The van der Waals surface area contributed by atoms with E-state index >= 15 is 0 Å². The normalized spacial score (nSPS) is 11.7. The summed E-state index contributed by atoms with van der Waals surface area (Å²) in [6.07, 6.45) is 8.70. The van der Waals surface area contributed by atoms with Crippen molar-refractivity contribution in [2.75, 3.05) is 6.61 Å². The molecule has 0 radical (unpaired) electrons. The predicted molar refractivity (Wildman–Crippen MR) is 105 cm³/mol. The molecule has 1 N–H and O–H groups in total. The van der Waals surface area contributed by atoms with E-state index in [0.29, 0.717) is 11.5 Å². The average molecular weight is 391 g/mol. The molecule has 1 aromatic rings. The lowest BCUT2D eigenvalue weighted by Gasteiger charge is -2.08. The van der Waals surface area contributed by atoms with Gasteiger partial charge in [-0.25, -0.2) is 13.6 Å². The van der Waals surface area contributed by atoms with Crippen LogP contribution in [-0.4, -0.2) is 18.5 Å². The zero-order valence-electron chi connectivity index (χ0n) is 16.3. The molecule has 4 nitrogen and oxygen atoms in total. The Kier molecular flexibility index (Phi) is 10.5. The molecule has 1 rings (SSSR count). The molecule has 152 valence electrons. The van der Waals surface area contributed by atoms with Crippen molar-refractivity contribution in [2.24, 2.45) is 5.92 Å². The van der Waals surface area contributed by atoms with E-state index in [4.69, 9.17) is 4.74 Å². The molecule has 0 aliphatic heterocycles. The number of unbranched alkanes of at least 4 members (excludes halogenated alkanes) is 1. The van der Waals surface area contributed by atoms with Crippen molar-refractivity contribution in [3.8, 4) is 0 Å². The van der Waals surface area contributed by atoms with Crippen LogP contribution in [0.1, 0.15) is 38.7 Å². The van der Waals surface area contributed by atoms with E-state index in [1.54, 1.807) is 6.08 Å². The van der Waals surface area contributed by atoms with Crippen LogP contribution < -0.4 is 5.32 Å². The van der Waals surface area contributed by atoms with Gasteiger partial charge >= 0.3 is 5.97 Å². The van der Waals surface area contributed by atoms with Gasteiger partial charge in [-0.1, -0.05) is 39.0 Å². The van der Waals surface area contributed by atoms with Gasteiger partial charge in [0.25, 0.3) is 0 Å². The molecule has 28 heavy (non-hydrogen) atoms. The number of benzene rings is 1. The van der Waals surface area contributed by atoms with E-state index in [0.717, 1.165) is 37.5 Å². The van der Waals surface area contributed by atoms with Gasteiger partial charge in [0.15, 0.2) is 0 Å². The highest BCUT2D eigenvalue weighted by Crippen LogP contribution is 2.10. The largest absolute Gasteiger partial charge is 0.457 e. The van der Waals surface area contributed by atoms with Crippen LogP contribution in [0.5, 0.6) is 0 Å². The van der Waals surface area contributed by atoms with E-state index in [-0.39, 0.29) is 18.7 Å². The molecule has 1 amide bonds. The summed E-state index contributed by atoms with van der Waals surface area (Å²) in [5.41, 5.74) is 0.230. The highest BCUT2D eigenvalue weighted by atomic mass is 19.1. The summed E-state index contributed by atoms with van der Waals surface area (Å²) in [5.74, 6) is -2.06. The minimum atomic E-state index is -0.752. The summed E-state index contributed by atoms with van der Waals surface area (Å²) in [4.78, 5) is 24.2. The van der Waals surface area contributed by atoms with Crippen LogP contribution in [0.25, 0.3) is 0 Å². The molecule has 0 saturated heterocycles. The summed E-state index contributed by atoms with van der Waals surface area (Å²) in [6.45, 7) is 7.70. The molecule has 0 spiro atoms. The number of esters is 1. The van der Waals surface area contributed by atoms with Gasteiger partial charge < -0.3 is 10.1 Å². The van der Waals surface area contributed by atoms with E-state index in [9.17, 15) is 18.4 Å². The van der Waals surface area contributed by atoms with Gasteiger partial charge in [0, 0.05) is 6.07 Å². The first-order valence-corrected chi connectivity index (χ1v) is 9.22. The number of carbonyl (C=O) groups excluding carboxylic acids is 2. The molecule has 0 saturated carbocycles. The number of halogens is 2. The Balaban J connectivity index is 2.78. The first-order chi connectivity index (χ1) is 13.3. The number of ether oxygens (including phenoxy) is 1. The third kappa shape index (κ3) is 9.80. The maximum atomic E-state index is 13.3. The molecule has 1 aromatic carbocycles. The van der Waals surface area contributed by atoms with Crippen LogP contribution >= 0.6 is 0 Å². The van der Waals surface area contributed by atoms with Gasteiger partial charge in [0.05, 0.1) is 0 Å². The Morgan fingerprint density at radius 1 is 1.21 bits per heavy atom. The van der Waals surface area contributed by atoms with Crippen molar-refractivity contribution < 1.29 is 23.1 Å². The molecule has 0 heterocycles. The van der Waals surface area contributed by atoms with Crippen molar-refractivity contribution in [1.82, 2.24) is 5.32 Å². The molecule has 0 bridgehead atoms. The molecule has 0 aliphatic carbocycles. The van der Waals surface area contributed by atoms with Crippen LogP contribution in [0.3, 0.4) is 0 Å². The smallest absolute Gasteiger partial charge is 0.354 e. The molecule has 0 atom stereocenters. The lowest BCUT2D eigenvalue weighted by Crippen LogP contribution is -2.27. The Bertz CT molecular complexity index is 719. The van der Waals surface area contributed by atoms with Gasteiger partial charge in [0.1, 0.15) is 23.9 Å². The van der Waals surface area contributed by atoms with E-state index in [2.05, 4.69) is 25.7 Å². The topological polar surface area (TPSA) is 55.4 Å². The number of carbonyl (C=O) groups is 2. The number of allylic oxidation sites excluding steroid dienone is 2. The third-order valence-electron chi connectivity index (χ3n) is 3.70. The molecule has 0 aliphatic rings. The standard InChI is InChI=1S/C22H27F2NO3/c1-4-12-28-22(27)20(11-10-17-13-18(23)15-19(24)14-17)25-21(26)9-7-5-6-8-16(2)3/h4,7,9,11,13-16H,1,5-6,8,10,12H2,2-3H3,(H,25,26)/b9-7+,20-11?. The maximum Gasteiger partial charge on any atom is 0.354 e. The van der Waals surface area contributed by atoms with Crippen LogP contribution in [0.4, 0.5) is 8.78 Å². The summed E-state index contributed by atoms with van der Waals surface area (Å²) >= 11 is 0. The fourth-order valence-electron chi connectivity index (χ4n) is 2.36. The van der Waals surface area contributed by atoms with E-state index in [1.165, 1.54) is 18.2 Å². The summed E-state index contributed by atoms with van der Waals surface area (Å²) < 4.78 is 31.5. The van der Waals surface area contributed by atoms with Gasteiger partial charge in [-0.15, -0.1) is 0 Å². The van der Waals surface area contributed by atoms with Crippen LogP contribution in [0.2, 0.25) is 0 Å². The van der Waals surface area contributed by atoms with Crippen LogP contribution in [-0.2, 0) is 20.7 Å². The number of hydrogen-bond acceptors (Lipinski definition) is 3. The lowest BCUT2D eigenvalue weighted by atomic mass is 10.1. The molecular weight excluding hydrogens is 364 g/mol. The molecule has 6 heteroatoms. The van der Waals surface area contributed by atoms with Gasteiger partial charge in [0.2, 0.25) is 5.91 Å². The minimum Gasteiger partial charge on any atom is -0.457 e. The zero-order chi connectivity index (χ0) is 20.9. The highest BCUT2D eigenvalue weighted by molar-refractivity contribution is 5.97. The Morgan fingerprint density at radius 2 is 1.89 bits per heavy atom. The predicted octanol–water partition coefficient (Wildman–Crippen LogP) is 4.62. The number of nitrogens with one attached hydrogen (secondary N) is 1. The second-order valence-corrected chi connectivity index (χ2v) is 6.70. The Labute approximate surface area is 165 Å². The Morgan fingerprint density at radius 3 is 2.50 bits per heavy atom. The van der Waals surface area contributed by atoms with Crippen molar-refractivity contribution >= 4 is 11.9 Å². The first kappa shape index (κ1) is 23.3. The lowest BCUT2D eigenvalue weighted by molar-refractivity contribution is -0.139. The minimum absolute atomic E-state index is 0.0221. The van der Waals surface area contributed by atoms with Crippen molar-refractivity contribution in [1.29, 1.82) is 0 Å². The number of rotatable bonds is 11. The van der Waals surface area contributed by atoms with E-state index in [1.807, 2.05) is 0 Å². The monoisotopic (exact) mass is 391 g/mol. The molecule has 0 unspecified atom stereocenters. The zero-order valence-corrected chi connectivity index (χ0v) is 16.3. The second kappa shape index (κ2) is 12.6. The van der Waals surface area contributed by atoms with Gasteiger partial charge in [-0.05, 0) is 55.0 Å². The quantitative estimate of drug-likeness (QED) is 0.259. The van der Waals surface area contributed by atoms with Crippen molar-refractivity contribution in [2.45, 2.75) is 39.5 Å². The molecular formula is C22H27F2NO3. The van der Waals surface area contributed by atoms with Gasteiger partial charge in [-0.2, -0.15) is 0 Å². The SMILES string of the molecule is C=CCOC(=O)C(=CCc1cc(F)cc(F)c1)NC(=O)/C=C/CCCC(C)C. The number of hydrogen-bond donors (Lipinski definition) is 1. The van der Waals surface area contributed by atoms with Crippen LogP contribution in [0, 0.1) is 17.6 Å². The van der Waals surface area contributed by atoms with Crippen molar-refractivity contribution in [3.63, 3.8) is 0 Å². The maximum absolute atomic E-state index is 13.3. The summed E-state index contributed by atoms with van der Waals surface area (Å²) in [7, 11) is 0. The number of amides is 1. The second-order valence-electron chi connectivity index (χ2n) is 6.70. The van der Waals surface area contributed by atoms with Gasteiger partial charge in [-0.3, -0.25) is 4.79 Å². The van der Waals surface area contributed by atoms with E-state index < -0.39 is 23.5 Å². The molecule has 0 aromatic heterocycles. The molecule has 0 fully saturated rings.